The van der Waals surface area contributed by atoms with Gasteiger partial charge in [0.05, 0.1) is 12.8 Å². The minimum absolute atomic E-state index is 0.222. The summed E-state index contributed by atoms with van der Waals surface area (Å²) in [4.78, 5) is 16.7. The zero-order valence-electron chi connectivity index (χ0n) is 17.2. The van der Waals surface area contributed by atoms with Crippen LogP contribution in [0.3, 0.4) is 0 Å². The van der Waals surface area contributed by atoms with Crippen molar-refractivity contribution in [2.45, 2.75) is 12.8 Å². The van der Waals surface area contributed by atoms with Crippen molar-refractivity contribution in [3.05, 3.63) is 72.3 Å². The number of ether oxygens (including phenoxy) is 1. The molecule has 2 aromatic carbocycles. The third-order valence-corrected chi connectivity index (χ3v) is 5.46. The van der Waals surface area contributed by atoms with Gasteiger partial charge in [0.25, 0.3) is 0 Å². The van der Waals surface area contributed by atoms with Gasteiger partial charge in [0, 0.05) is 38.2 Å². The number of hydrogen-bond acceptors (Lipinski definition) is 5. The predicted octanol–water partition coefficient (Wildman–Crippen LogP) is 3.43. The van der Waals surface area contributed by atoms with Gasteiger partial charge >= 0.3 is 0 Å². The molecule has 4 rings (SSSR count). The molecule has 0 N–H and O–H groups in total. The number of carbonyl (C=O) groups is 1. The molecule has 0 bridgehead atoms. The summed E-state index contributed by atoms with van der Waals surface area (Å²) in [6, 6.07) is 21.9. The fourth-order valence-electron chi connectivity index (χ4n) is 3.65. The number of aryl methyl sites for hydroxylation is 1. The second-order valence-corrected chi connectivity index (χ2v) is 7.36. The Morgan fingerprint density at radius 2 is 1.63 bits per heavy atom. The fourth-order valence-corrected chi connectivity index (χ4v) is 3.65. The van der Waals surface area contributed by atoms with Crippen molar-refractivity contribution >= 4 is 11.7 Å². The summed E-state index contributed by atoms with van der Waals surface area (Å²) in [5.41, 5.74) is 3.04. The molecule has 0 radical (unpaired) electrons. The van der Waals surface area contributed by atoms with Gasteiger partial charge in [0.2, 0.25) is 5.91 Å². The molecule has 6 heteroatoms. The third-order valence-electron chi connectivity index (χ3n) is 5.46. The van der Waals surface area contributed by atoms with Crippen LogP contribution in [0, 0.1) is 0 Å². The number of carbonyl (C=O) groups excluding carboxylic acids is 1. The van der Waals surface area contributed by atoms with E-state index in [4.69, 9.17) is 4.74 Å². The Labute approximate surface area is 177 Å². The topological polar surface area (TPSA) is 58.6 Å². The van der Waals surface area contributed by atoms with Crippen LogP contribution < -0.4 is 9.64 Å². The highest BCUT2D eigenvalue weighted by molar-refractivity contribution is 5.76. The highest BCUT2D eigenvalue weighted by Gasteiger charge is 2.22. The van der Waals surface area contributed by atoms with Gasteiger partial charge in [-0.3, -0.25) is 4.79 Å². The molecule has 154 valence electrons. The summed E-state index contributed by atoms with van der Waals surface area (Å²) < 4.78 is 5.20. The van der Waals surface area contributed by atoms with Crippen molar-refractivity contribution in [2.24, 2.45) is 0 Å². The minimum atomic E-state index is 0.222. The van der Waals surface area contributed by atoms with E-state index in [0.29, 0.717) is 6.42 Å². The molecule has 1 fully saturated rings. The standard InChI is InChI=1S/C24H26N4O2/c1-30-21-10-8-20(9-11-21)22-12-13-23(26-25-22)27-15-17-28(18-16-27)24(29)14-7-19-5-3-2-4-6-19/h2-6,8-13H,7,14-18H2,1H3. The summed E-state index contributed by atoms with van der Waals surface area (Å²) in [5, 5.41) is 8.79. The van der Waals surface area contributed by atoms with Gasteiger partial charge < -0.3 is 14.5 Å². The van der Waals surface area contributed by atoms with E-state index in [2.05, 4.69) is 27.2 Å². The SMILES string of the molecule is COc1ccc(-c2ccc(N3CCN(C(=O)CCc4ccccc4)CC3)nn2)cc1. The van der Waals surface area contributed by atoms with E-state index in [9.17, 15) is 4.79 Å². The van der Waals surface area contributed by atoms with E-state index in [1.54, 1.807) is 7.11 Å². The molecular weight excluding hydrogens is 376 g/mol. The molecule has 0 unspecified atom stereocenters. The molecule has 1 saturated heterocycles. The van der Waals surface area contributed by atoms with E-state index in [1.165, 1.54) is 5.56 Å². The maximum atomic E-state index is 12.5. The van der Waals surface area contributed by atoms with E-state index in [-0.39, 0.29) is 5.91 Å². The number of rotatable bonds is 6. The van der Waals surface area contributed by atoms with Crippen LogP contribution in [-0.2, 0) is 11.2 Å². The summed E-state index contributed by atoms with van der Waals surface area (Å²) in [7, 11) is 1.65. The lowest BCUT2D eigenvalue weighted by Crippen LogP contribution is -2.49. The number of piperazine rings is 1. The largest absolute Gasteiger partial charge is 0.497 e. The minimum Gasteiger partial charge on any atom is -0.497 e. The molecular formula is C24H26N4O2. The quantitative estimate of drug-likeness (QED) is 0.632. The van der Waals surface area contributed by atoms with Gasteiger partial charge in [-0.25, -0.2) is 0 Å². The Morgan fingerprint density at radius 1 is 0.900 bits per heavy atom. The summed E-state index contributed by atoms with van der Waals surface area (Å²) in [5.74, 6) is 1.89. The summed E-state index contributed by atoms with van der Waals surface area (Å²) in [6.45, 7) is 2.98. The summed E-state index contributed by atoms with van der Waals surface area (Å²) >= 11 is 0. The Morgan fingerprint density at radius 3 is 2.27 bits per heavy atom. The number of hydrogen-bond donors (Lipinski definition) is 0. The molecule has 1 amide bonds. The summed E-state index contributed by atoms with van der Waals surface area (Å²) in [6.07, 6.45) is 1.35. The Hall–Kier alpha value is -3.41. The van der Waals surface area contributed by atoms with E-state index in [1.807, 2.05) is 59.5 Å². The van der Waals surface area contributed by atoms with Crippen molar-refractivity contribution in [3.63, 3.8) is 0 Å². The van der Waals surface area contributed by atoms with Crippen molar-refractivity contribution in [3.8, 4) is 17.0 Å². The number of methoxy groups -OCH3 is 1. The van der Waals surface area contributed by atoms with E-state index >= 15 is 0 Å². The van der Waals surface area contributed by atoms with Crippen molar-refractivity contribution in [2.75, 3.05) is 38.2 Å². The Kier molecular flexibility index (Phi) is 6.23. The first-order valence-corrected chi connectivity index (χ1v) is 10.3. The van der Waals surface area contributed by atoms with Crippen molar-refractivity contribution in [1.82, 2.24) is 15.1 Å². The average Bonchev–Trinajstić information content (AvgIpc) is 2.83. The number of nitrogens with zero attached hydrogens (tertiary/aromatic N) is 4. The van der Waals surface area contributed by atoms with Gasteiger partial charge in [-0.05, 0) is 48.4 Å². The average molecular weight is 402 g/mol. The zero-order chi connectivity index (χ0) is 20.8. The Bertz CT molecular complexity index is 951. The van der Waals surface area contributed by atoms with Crippen molar-refractivity contribution in [1.29, 1.82) is 0 Å². The van der Waals surface area contributed by atoms with Crippen LogP contribution >= 0.6 is 0 Å². The smallest absolute Gasteiger partial charge is 0.223 e. The van der Waals surface area contributed by atoms with Crippen LogP contribution in [0.15, 0.2) is 66.7 Å². The molecule has 0 spiro atoms. The monoisotopic (exact) mass is 402 g/mol. The van der Waals surface area contributed by atoms with Crippen LogP contribution in [0.25, 0.3) is 11.3 Å². The highest BCUT2D eigenvalue weighted by atomic mass is 16.5. The lowest BCUT2D eigenvalue weighted by Gasteiger charge is -2.35. The van der Waals surface area contributed by atoms with E-state index in [0.717, 1.165) is 55.4 Å². The number of benzene rings is 2. The first kappa shape index (κ1) is 19.9. The second kappa shape index (κ2) is 9.39. The third kappa shape index (κ3) is 4.76. The first-order valence-electron chi connectivity index (χ1n) is 10.3. The maximum Gasteiger partial charge on any atom is 0.223 e. The molecule has 0 saturated carbocycles. The van der Waals surface area contributed by atoms with Crippen LogP contribution in [-0.4, -0.2) is 54.3 Å². The number of aromatic nitrogens is 2. The van der Waals surface area contributed by atoms with Crippen LogP contribution in [0.1, 0.15) is 12.0 Å². The van der Waals surface area contributed by atoms with Gasteiger partial charge in [-0.15, -0.1) is 10.2 Å². The molecule has 2 heterocycles. The molecule has 0 aliphatic carbocycles. The fraction of sp³-hybridized carbons (Fsp3) is 0.292. The lowest BCUT2D eigenvalue weighted by molar-refractivity contribution is -0.131. The van der Waals surface area contributed by atoms with Gasteiger partial charge in [-0.1, -0.05) is 30.3 Å². The van der Waals surface area contributed by atoms with Gasteiger partial charge in [0.1, 0.15) is 5.75 Å². The van der Waals surface area contributed by atoms with E-state index < -0.39 is 0 Å². The molecule has 1 aromatic heterocycles. The van der Waals surface area contributed by atoms with Crippen LogP contribution in [0.5, 0.6) is 5.75 Å². The van der Waals surface area contributed by atoms with Crippen LogP contribution in [0.2, 0.25) is 0 Å². The molecule has 1 aliphatic heterocycles. The molecule has 1 aliphatic rings. The zero-order valence-corrected chi connectivity index (χ0v) is 17.2. The predicted molar refractivity (Wildman–Crippen MR) is 118 cm³/mol. The first-order chi connectivity index (χ1) is 14.7. The maximum absolute atomic E-state index is 12.5. The molecule has 0 atom stereocenters. The number of anilines is 1. The molecule has 3 aromatic rings. The van der Waals surface area contributed by atoms with Crippen molar-refractivity contribution < 1.29 is 9.53 Å². The van der Waals surface area contributed by atoms with Crippen LogP contribution in [0.4, 0.5) is 5.82 Å². The molecule has 6 nitrogen and oxygen atoms in total. The normalized spacial score (nSPS) is 13.9. The number of amides is 1. The second-order valence-electron chi connectivity index (χ2n) is 7.36. The van der Waals surface area contributed by atoms with Gasteiger partial charge in [-0.2, -0.15) is 0 Å². The highest BCUT2D eigenvalue weighted by Crippen LogP contribution is 2.22. The molecule has 30 heavy (non-hydrogen) atoms. The van der Waals surface area contributed by atoms with Gasteiger partial charge in [0.15, 0.2) is 5.82 Å². The lowest BCUT2D eigenvalue weighted by atomic mass is 10.1. The Balaban J connectivity index is 1.29.